The maximum absolute atomic E-state index is 12.4. The maximum atomic E-state index is 12.4. The lowest BCUT2D eigenvalue weighted by Crippen LogP contribution is -2.28. The lowest BCUT2D eigenvalue weighted by molar-refractivity contribution is 0.464. The van der Waals surface area contributed by atoms with Gasteiger partial charge in [0.1, 0.15) is 0 Å². The normalized spacial score (nSPS) is 21.9. The van der Waals surface area contributed by atoms with Crippen molar-refractivity contribution in [1.29, 1.82) is 0 Å². The first kappa shape index (κ1) is 13.5. The fraction of sp³-hybridized carbons (Fsp3) is 0.455. The molecule has 0 radical (unpaired) electrons. The van der Waals surface area contributed by atoms with E-state index in [4.69, 9.17) is 0 Å². The Labute approximate surface area is 119 Å². The van der Waals surface area contributed by atoms with Gasteiger partial charge in [-0.3, -0.25) is 0 Å². The summed E-state index contributed by atoms with van der Waals surface area (Å²) in [6.45, 7) is 3.30. The zero-order valence-corrected chi connectivity index (χ0v) is 13.3. The van der Waals surface area contributed by atoms with E-state index >= 15 is 0 Å². The van der Waals surface area contributed by atoms with Crippen molar-refractivity contribution in [2.45, 2.75) is 18.2 Å². The Bertz CT molecular complexity index is 530. The maximum Gasteiger partial charge on any atom is 0.244 e. The molecule has 2 rings (SSSR count). The molecular formula is C11H13Br2NO2S. The zero-order valence-electron chi connectivity index (χ0n) is 9.36. The van der Waals surface area contributed by atoms with E-state index in [1.807, 2.05) is 6.07 Å². The quantitative estimate of drug-likeness (QED) is 0.787. The number of halogens is 2. The number of hydrogen-bond acceptors (Lipinski definition) is 2. The molecule has 1 aromatic carbocycles. The summed E-state index contributed by atoms with van der Waals surface area (Å²) in [5, 5.41) is 0. The smallest absolute Gasteiger partial charge is 0.207 e. The molecule has 1 fully saturated rings. The van der Waals surface area contributed by atoms with Gasteiger partial charge < -0.3 is 0 Å². The highest BCUT2D eigenvalue weighted by molar-refractivity contribution is 9.11. The van der Waals surface area contributed by atoms with Gasteiger partial charge in [-0.15, -0.1) is 0 Å². The first-order chi connectivity index (χ1) is 7.91. The van der Waals surface area contributed by atoms with Gasteiger partial charge in [0.2, 0.25) is 10.0 Å². The molecule has 0 aliphatic carbocycles. The molecule has 94 valence electrons. The third-order valence-electron chi connectivity index (χ3n) is 2.90. The molecule has 1 unspecified atom stereocenters. The second-order valence-corrected chi connectivity index (χ2v) is 8.01. The van der Waals surface area contributed by atoms with Crippen LogP contribution in [0.15, 0.2) is 32.0 Å². The van der Waals surface area contributed by atoms with Crippen LogP contribution in [-0.4, -0.2) is 25.8 Å². The minimum absolute atomic E-state index is 0.334. The van der Waals surface area contributed by atoms with E-state index in [1.165, 1.54) is 0 Å². The highest BCUT2D eigenvalue weighted by Crippen LogP contribution is 2.30. The van der Waals surface area contributed by atoms with E-state index in [0.717, 1.165) is 10.9 Å². The third-order valence-corrected chi connectivity index (χ3v) is 6.25. The van der Waals surface area contributed by atoms with Crippen molar-refractivity contribution in [2.75, 3.05) is 13.1 Å². The Hall–Kier alpha value is 0.0900. The average Bonchev–Trinajstić information content (AvgIpc) is 2.69. The van der Waals surface area contributed by atoms with Gasteiger partial charge in [0.25, 0.3) is 0 Å². The zero-order chi connectivity index (χ0) is 12.6. The van der Waals surface area contributed by atoms with Crippen LogP contribution in [0, 0.1) is 5.92 Å². The average molecular weight is 383 g/mol. The van der Waals surface area contributed by atoms with Crippen LogP contribution in [0.3, 0.4) is 0 Å². The van der Waals surface area contributed by atoms with Crippen LogP contribution in [0.5, 0.6) is 0 Å². The van der Waals surface area contributed by atoms with Gasteiger partial charge in [0.15, 0.2) is 0 Å². The topological polar surface area (TPSA) is 37.4 Å². The van der Waals surface area contributed by atoms with E-state index in [2.05, 4.69) is 38.8 Å². The van der Waals surface area contributed by atoms with Crippen LogP contribution in [0.2, 0.25) is 0 Å². The fourth-order valence-electron chi connectivity index (χ4n) is 1.93. The van der Waals surface area contributed by atoms with Crippen LogP contribution < -0.4 is 0 Å². The molecule has 6 heteroatoms. The molecule has 1 saturated heterocycles. The molecular weight excluding hydrogens is 370 g/mol. The molecule has 3 nitrogen and oxygen atoms in total. The first-order valence-electron chi connectivity index (χ1n) is 5.36. The molecule has 1 heterocycles. The second-order valence-electron chi connectivity index (χ2n) is 4.33. The van der Waals surface area contributed by atoms with Crippen molar-refractivity contribution in [2.24, 2.45) is 5.92 Å². The van der Waals surface area contributed by atoms with Gasteiger partial charge in [-0.1, -0.05) is 22.9 Å². The van der Waals surface area contributed by atoms with E-state index in [9.17, 15) is 8.42 Å². The van der Waals surface area contributed by atoms with Gasteiger partial charge in [-0.05, 0) is 46.5 Å². The molecule has 0 aromatic heterocycles. The lowest BCUT2D eigenvalue weighted by atomic mass is 10.2. The molecule has 0 N–H and O–H groups in total. The summed E-state index contributed by atoms with van der Waals surface area (Å²) in [6.07, 6.45) is 0.935. The third kappa shape index (κ3) is 2.75. The lowest BCUT2D eigenvalue weighted by Gasteiger charge is -2.17. The Kier molecular flexibility index (Phi) is 3.97. The summed E-state index contributed by atoms with van der Waals surface area (Å²) in [5.41, 5.74) is 0. The highest BCUT2D eigenvalue weighted by atomic mass is 79.9. The number of rotatable bonds is 2. The van der Waals surface area contributed by atoms with Crippen molar-refractivity contribution >= 4 is 41.9 Å². The molecule has 0 saturated carbocycles. The number of hydrogen-bond donors (Lipinski definition) is 0. The van der Waals surface area contributed by atoms with Crippen LogP contribution in [-0.2, 0) is 10.0 Å². The van der Waals surface area contributed by atoms with Gasteiger partial charge in [0, 0.05) is 22.0 Å². The van der Waals surface area contributed by atoms with E-state index in [1.54, 1.807) is 16.4 Å². The second kappa shape index (κ2) is 4.99. The van der Waals surface area contributed by atoms with E-state index in [-0.39, 0.29) is 0 Å². The van der Waals surface area contributed by atoms with Crippen molar-refractivity contribution in [1.82, 2.24) is 4.31 Å². The molecule has 1 aliphatic heterocycles. The summed E-state index contributed by atoms with van der Waals surface area (Å²) in [5.74, 6) is 0.440. The minimum atomic E-state index is -3.37. The standard InChI is InChI=1S/C11H13Br2NO2S/c1-8-4-5-14(7-8)17(15,16)11-6-9(12)2-3-10(11)13/h2-3,6,8H,4-5,7H2,1H3. The molecule has 1 atom stereocenters. The van der Waals surface area contributed by atoms with Gasteiger partial charge in [-0.25, -0.2) is 8.42 Å². The Morgan fingerprint density at radius 2 is 2.06 bits per heavy atom. The summed E-state index contributed by atoms with van der Waals surface area (Å²) in [6, 6.07) is 5.20. The van der Waals surface area contributed by atoms with Gasteiger partial charge >= 0.3 is 0 Å². The van der Waals surface area contributed by atoms with Gasteiger partial charge in [0.05, 0.1) is 4.90 Å². The number of benzene rings is 1. The highest BCUT2D eigenvalue weighted by Gasteiger charge is 2.31. The Balaban J connectivity index is 2.41. The minimum Gasteiger partial charge on any atom is -0.207 e. The van der Waals surface area contributed by atoms with Crippen LogP contribution in [0.1, 0.15) is 13.3 Å². The van der Waals surface area contributed by atoms with Crippen molar-refractivity contribution in [3.8, 4) is 0 Å². The molecule has 0 amide bonds. The van der Waals surface area contributed by atoms with Crippen molar-refractivity contribution in [3.63, 3.8) is 0 Å². The first-order valence-corrected chi connectivity index (χ1v) is 8.39. The summed E-state index contributed by atoms with van der Waals surface area (Å²) in [7, 11) is -3.37. The molecule has 0 spiro atoms. The Morgan fingerprint density at radius 3 is 2.65 bits per heavy atom. The van der Waals surface area contributed by atoms with E-state index in [0.29, 0.717) is 28.4 Å². The Morgan fingerprint density at radius 1 is 1.35 bits per heavy atom. The van der Waals surface area contributed by atoms with E-state index < -0.39 is 10.0 Å². The van der Waals surface area contributed by atoms with Crippen LogP contribution in [0.25, 0.3) is 0 Å². The van der Waals surface area contributed by atoms with Crippen molar-refractivity contribution < 1.29 is 8.42 Å². The SMILES string of the molecule is CC1CCN(S(=O)(=O)c2cc(Br)ccc2Br)C1. The molecule has 1 aliphatic rings. The summed E-state index contributed by atoms with van der Waals surface area (Å²) >= 11 is 6.61. The number of nitrogens with zero attached hydrogens (tertiary/aromatic N) is 1. The summed E-state index contributed by atoms with van der Waals surface area (Å²) in [4.78, 5) is 0.334. The van der Waals surface area contributed by atoms with Crippen LogP contribution >= 0.6 is 31.9 Å². The molecule has 17 heavy (non-hydrogen) atoms. The van der Waals surface area contributed by atoms with Crippen LogP contribution in [0.4, 0.5) is 0 Å². The predicted molar refractivity (Wildman–Crippen MR) is 74.4 cm³/mol. The molecule has 1 aromatic rings. The monoisotopic (exact) mass is 381 g/mol. The molecule has 0 bridgehead atoms. The van der Waals surface area contributed by atoms with Gasteiger partial charge in [-0.2, -0.15) is 4.31 Å². The largest absolute Gasteiger partial charge is 0.244 e. The number of sulfonamides is 1. The fourth-order valence-corrected chi connectivity index (χ4v) is 4.96. The van der Waals surface area contributed by atoms with Crippen molar-refractivity contribution in [3.05, 3.63) is 27.1 Å². The summed E-state index contributed by atoms with van der Waals surface area (Å²) < 4.78 is 27.8. The predicted octanol–water partition coefficient (Wildman–Crippen LogP) is 3.24.